The van der Waals surface area contributed by atoms with Crippen LogP contribution in [0.4, 0.5) is 0 Å². The molecule has 0 heterocycles. The van der Waals surface area contributed by atoms with E-state index in [0.29, 0.717) is 24.4 Å². The minimum Gasteiger partial charge on any atom is -0.465 e. The van der Waals surface area contributed by atoms with Gasteiger partial charge in [0.1, 0.15) is 0 Å². The SMILES string of the molecule is CCOC(=O)C1(C(=O)OCC)C(C(OCC)OCC)=Cc2ccccc21. The molecular formula is C20H26O6. The molecule has 0 amide bonds. The molecule has 6 heteroatoms. The van der Waals surface area contributed by atoms with Crippen molar-refractivity contribution >= 4 is 18.0 Å². The van der Waals surface area contributed by atoms with E-state index in [-0.39, 0.29) is 13.2 Å². The van der Waals surface area contributed by atoms with Crippen molar-refractivity contribution in [3.8, 4) is 0 Å². The number of hydrogen-bond donors (Lipinski definition) is 0. The van der Waals surface area contributed by atoms with Crippen molar-refractivity contribution in [1.29, 1.82) is 0 Å². The first-order valence-corrected chi connectivity index (χ1v) is 8.96. The molecule has 0 saturated heterocycles. The Labute approximate surface area is 154 Å². The minimum atomic E-state index is -1.72. The van der Waals surface area contributed by atoms with Crippen molar-refractivity contribution in [3.05, 3.63) is 41.0 Å². The lowest BCUT2D eigenvalue weighted by atomic mass is 9.76. The quantitative estimate of drug-likeness (QED) is 0.382. The van der Waals surface area contributed by atoms with Crippen LogP contribution < -0.4 is 0 Å². The second kappa shape index (κ2) is 8.96. The lowest BCUT2D eigenvalue weighted by Crippen LogP contribution is -2.50. The van der Waals surface area contributed by atoms with E-state index in [9.17, 15) is 9.59 Å². The number of hydrogen-bond acceptors (Lipinski definition) is 6. The summed E-state index contributed by atoms with van der Waals surface area (Å²) in [4.78, 5) is 26.2. The molecule has 1 aliphatic rings. The maximum atomic E-state index is 13.1. The van der Waals surface area contributed by atoms with Crippen molar-refractivity contribution in [3.63, 3.8) is 0 Å². The Morgan fingerprint density at radius 2 is 1.42 bits per heavy atom. The van der Waals surface area contributed by atoms with E-state index in [1.165, 1.54) is 0 Å². The summed E-state index contributed by atoms with van der Waals surface area (Å²) in [7, 11) is 0. The topological polar surface area (TPSA) is 71.1 Å². The normalized spacial score (nSPS) is 14.7. The Morgan fingerprint density at radius 3 is 1.92 bits per heavy atom. The van der Waals surface area contributed by atoms with E-state index in [0.717, 1.165) is 5.56 Å². The number of fused-ring (bicyclic) bond motifs is 1. The van der Waals surface area contributed by atoms with Crippen LogP contribution in [0.3, 0.4) is 0 Å². The van der Waals surface area contributed by atoms with Gasteiger partial charge in [0.2, 0.25) is 5.41 Å². The summed E-state index contributed by atoms with van der Waals surface area (Å²) in [5.41, 5.74) is -0.0685. The van der Waals surface area contributed by atoms with Crippen LogP contribution in [0.5, 0.6) is 0 Å². The van der Waals surface area contributed by atoms with E-state index in [4.69, 9.17) is 18.9 Å². The number of rotatable bonds is 9. The third-order valence-corrected chi connectivity index (χ3v) is 4.16. The van der Waals surface area contributed by atoms with Gasteiger partial charge in [0.05, 0.1) is 13.2 Å². The Hall–Kier alpha value is -2.18. The molecule has 0 fully saturated rings. The molecule has 1 aromatic carbocycles. The molecule has 1 aromatic rings. The monoisotopic (exact) mass is 362 g/mol. The summed E-state index contributed by atoms with van der Waals surface area (Å²) in [5.74, 6) is -1.36. The van der Waals surface area contributed by atoms with Crippen molar-refractivity contribution in [1.82, 2.24) is 0 Å². The van der Waals surface area contributed by atoms with Crippen molar-refractivity contribution in [2.24, 2.45) is 0 Å². The van der Waals surface area contributed by atoms with Gasteiger partial charge in [-0.2, -0.15) is 0 Å². The van der Waals surface area contributed by atoms with Gasteiger partial charge in [-0.15, -0.1) is 0 Å². The smallest absolute Gasteiger partial charge is 0.332 e. The molecule has 0 bridgehead atoms. The fourth-order valence-electron chi connectivity index (χ4n) is 3.19. The zero-order chi connectivity index (χ0) is 19.2. The molecule has 0 aromatic heterocycles. The van der Waals surface area contributed by atoms with Gasteiger partial charge in [-0.3, -0.25) is 9.59 Å². The Bertz CT molecular complexity index is 655. The van der Waals surface area contributed by atoms with E-state index in [1.54, 1.807) is 32.1 Å². The number of benzene rings is 1. The van der Waals surface area contributed by atoms with Crippen LogP contribution in [0.1, 0.15) is 38.8 Å². The molecule has 2 rings (SSSR count). The molecule has 0 radical (unpaired) electrons. The van der Waals surface area contributed by atoms with Gasteiger partial charge in [-0.05, 0) is 44.9 Å². The Balaban J connectivity index is 2.70. The highest BCUT2D eigenvalue weighted by Crippen LogP contribution is 2.46. The maximum Gasteiger partial charge on any atom is 0.332 e. The molecule has 142 valence electrons. The zero-order valence-electron chi connectivity index (χ0n) is 15.7. The Kier molecular flexibility index (Phi) is 6.94. The fourth-order valence-corrected chi connectivity index (χ4v) is 3.19. The maximum absolute atomic E-state index is 13.1. The van der Waals surface area contributed by atoms with Crippen molar-refractivity contribution < 1.29 is 28.5 Å². The highest BCUT2D eigenvalue weighted by molar-refractivity contribution is 6.13. The van der Waals surface area contributed by atoms with Crippen LogP contribution in [0.2, 0.25) is 0 Å². The summed E-state index contributed by atoms with van der Waals surface area (Å²) in [5, 5.41) is 0. The summed E-state index contributed by atoms with van der Waals surface area (Å²) >= 11 is 0. The highest BCUT2D eigenvalue weighted by Gasteiger charge is 2.59. The van der Waals surface area contributed by atoms with Gasteiger partial charge in [-0.1, -0.05) is 24.3 Å². The molecule has 0 N–H and O–H groups in total. The summed E-state index contributed by atoms with van der Waals surface area (Å²) < 4.78 is 22.0. The third-order valence-electron chi connectivity index (χ3n) is 4.16. The number of carbonyl (C=O) groups excluding carboxylic acids is 2. The molecule has 1 aliphatic carbocycles. The van der Waals surface area contributed by atoms with Gasteiger partial charge in [0, 0.05) is 18.8 Å². The van der Waals surface area contributed by atoms with Gasteiger partial charge in [0.25, 0.3) is 0 Å². The van der Waals surface area contributed by atoms with Crippen LogP contribution in [-0.4, -0.2) is 44.7 Å². The molecule has 26 heavy (non-hydrogen) atoms. The first-order valence-electron chi connectivity index (χ1n) is 8.96. The molecule has 0 aliphatic heterocycles. The first kappa shape index (κ1) is 20.1. The van der Waals surface area contributed by atoms with Gasteiger partial charge < -0.3 is 18.9 Å². The van der Waals surface area contributed by atoms with Crippen molar-refractivity contribution in [2.45, 2.75) is 39.4 Å². The molecule has 0 spiro atoms. The lowest BCUT2D eigenvalue weighted by molar-refractivity contribution is -0.168. The minimum absolute atomic E-state index is 0.142. The highest BCUT2D eigenvalue weighted by atomic mass is 16.7. The fraction of sp³-hybridized carbons (Fsp3) is 0.500. The summed E-state index contributed by atoms with van der Waals surface area (Å²) in [6, 6.07) is 7.20. The van der Waals surface area contributed by atoms with Crippen LogP contribution in [-0.2, 0) is 34.0 Å². The van der Waals surface area contributed by atoms with E-state index < -0.39 is 23.6 Å². The van der Waals surface area contributed by atoms with Crippen LogP contribution in [0, 0.1) is 0 Å². The predicted octanol–water partition coefficient (Wildman–Crippen LogP) is 2.85. The average molecular weight is 362 g/mol. The molecule has 0 saturated carbocycles. The number of carbonyl (C=O) groups is 2. The van der Waals surface area contributed by atoms with Crippen LogP contribution in [0.15, 0.2) is 29.8 Å². The summed E-state index contributed by atoms with van der Waals surface area (Å²) in [6.45, 7) is 8.05. The van der Waals surface area contributed by atoms with E-state index >= 15 is 0 Å². The van der Waals surface area contributed by atoms with E-state index in [2.05, 4.69) is 0 Å². The second-order valence-corrected chi connectivity index (χ2v) is 5.62. The Morgan fingerprint density at radius 1 is 0.885 bits per heavy atom. The third kappa shape index (κ3) is 3.39. The van der Waals surface area contributed by atoms with Gasteiger partial charge >= 0.3 is 11.9 Å². The van der Waals surface area contributed by atoms with Gasteiger partial charge in [-0.25, -0.2) is 0 Å². The number of ether oxygens (including phenoxy) is 4. The van der Waals surface area contributed by atoms with Gasteiger partial charge in [0.15, 0.2) is 6.29 Å². The van der Waals surface area contributed by atoms with Crippen LogP contribution in [0.25, 0.3) is 6.08 Å². The summed E-state index contributed by atoms with van der Waals surface area (Å²) in [6.07, 6.45) is 0.908. The van der Waals surface area contributed by atoms with Crippen LogP contribution >= 0.6 is 0 Å². The molecule has 6 nitrogen and oxygen atoms in total. The first-order chi connectivity index (χ1) is 12.6. The standard InChI is InChI=1S/C20H26O6/c1-5-23-17(24-6-2)16-13-14-11-9-10-12-15(14)20(16,18(21)25-7-3)19(22)26-8-4/h9-13,17H,5-8H2,1-4H3. The van der Waals surface area contributed by atoms with Crippen molar-refractivity contribution in [2.75, 3.05) is 26.4 Å². The number of esters is 2. The lowest BCUT2D eigenvalue weighted by Gasteiger charge is -2.32. The molecule has 0 unspecified atom stereocenters. The second-order valence-electron chi connectivity index (χ2n) is 5.62. The average Bonchev–Trinajstić information content (AvgIpc) is 2.98. The largest absolute Gasteiger partial charge is 0.465 e. The van der Waals surface area contributed by atoms with E-state index in [1.807, 2.05) is 26.0 Å². The molecule has 0 atom stereocenters. The zero-order valence-corrected chi connectivity index (χ0v) is 15.7. The molecular weight excluding hydrogens is 336 g/mol. The predicted molar refractivity (Wildman–Crippen MR) is 96.4 cm³/mol.